The van der Waals surface area contributed by atoms with Crippen molar-refractivity contribution < 1.29 is 9.72 Å². The van der Waals surface area contributed by atoms with Gasteiger partial charge < -0.3 is 20.7 Å². The highest BCUT2D eigenvalue weighted by Crippen LogP contribution is 2.38. The lowest BCUT2D eigenvalue weighted by atomic mass is 9.70. The van der Waals surface area contributed by atoms with Crippen molar-refractivity contribution in [3.8, 4) is 0 Å². The highest BCUT2D eigenvalue weighted by molar-refractivity contribution is 5.93. The Morgan fingerprint density at radius 2 is 2.25 bits per heavy atom. The molecule has 7 nitrogen and oxygen atoms in total. The van der Waals surface area contributed by atoms with Crippen LogP contribution in [-0.2, 0) is 0 Å². The van der Waals surface area contributed by atoms with E-state index in [1.54, 1.807) is 0 Å². The monoisotopic (exact) mass is 278 g/mol. The van der Waals surface area contributed by atoms with Gasteiger partial charge in [0.15, 0.2) is 5.69 Å². The molecular weight excluding hydrogens is 260 g/mol. The summed E-state index contributed by atoms with van der Waals surface area (Å²) in [5.74, 6) is -0.421. The summed E-state index contributed by atoms with van der Waals surface area (Å²) in [5.41, 5.74) is 0.468. The molecule has 1 saturated carbocycles. The second-order valence-electron chi connectivity index (χ2n) is 5.74. The molecule has 20 heavy (non-hydrogen) atoms. The van der Waals surface area contributed by atoms with E-state index in [-0.39, 0.29) is 29.0 Å². The summed E-state index contributed by atoms with van der Waals surface area (Å²) in [5, 5.41) is 17.1. The smallest absolute Gasteiger partial charge is 0.321 e. The van der Waals surface area contributed by atoms with Crippen LogP contribution in [0.15, 0.2) is 12.1 Å². The first-order chi connectivity index (χ1) is 9.58. The lowest BCUT2D eigenvalue weighted by Gasteiger charge is -2.48. The van der Waals surface area contributed by atoms with Crippen LogP contribution in [0.5, 0.6) is 0 Å². The van der Waals surface area contributed by atoms with E-state index >= 15 is 0 Å². The van der Waals surface area contributed by atoms with Gasteiger partial charge in [0.05, 0.1) is 0 Å². The van der Waals surface area contributed by atoms with Crippen molar-refractivity contribution >= 4 is 11.7 Å². The molecule has 0 aromatic carbocycles. The molecule has 2 heterocycles. The van der Waals surface area contributed by atoms with Crippen LogP contribution in [0.2, 0.25) is 0 Å². The van der Waals surface area contributed by atoms with Gasteiger partial charge >= 0.3 is 5.82 Å². The summed E-state index contributed by atoms with van der Waals surface area (Å²) in [4.78, 5) is 24.7. The van der Waals surface area contributed by atoms with Crippen LogP contribution >= 0.6 is 0 Å². The molecule has 1 aromatic heterocycles. The number of nitrogens with one attached hydrogen (secondary N) is 3. The molecule has 0 radical (unpaired) electrons. The Bertz CT molecular complexity index is 535. The standard InChI is InChI=1S/C13H18N4O3/c18-12(10-2-3-11(16-10)17(19)20)15-9-4-7-14-13(8-9)5-1-6-13/h2-3,9,14,16H,1,4-8H2,(H,15,18). The summed E-state index contributed by atoms with van der Waals surface area (Å²) in [6.45, 7) is 0.913. The van der Waals surface area contributed by atoms with Crippen molar-refractivity contribution in [1.82, 2.24) is 15.6 Å². The van der Waals surface area contributed by atoms with Crippen LogP contribution in [0.3, 0.4) is 0 Å². The van der Waals surface area contributed by atoms with E-state index in [0.717, 1.165) is 19.4 Å². The van der Waals surface area contributed by atoms with Crippen molar-refractivity contribution in [3.05, 3.63) is 27.9 Å². The van der Waals surface area contributed by atoms with Crippen LogP contribution in [-0.4, -0.2) is 33.9 Å². The normalized spacial score (nSPS) is 24.1. The highest BCUT2D eigenvalue weighted by atomic mass is 16.6. The number of rotatable bonds is 3. The van der Waals surface area contributed by atoms with Gasteiger partial charge in [0.25, 0.3) is 5.91 Å². The molecule has 0 bridgehead atoms. The van der Waals surface area contributed by atoms with E-state index in [9.17, 15) is 14.9 Å². The number of hydrogen-bond donors (Lipinski definition) is 3. The van der Waals surface area contributed by atoms with Gasteiger partial charge in [-0.15, -0.1) is 0 Å². The van der Waals surface area contributed by atoms with Crippen LogP contribution in [0.1, 0.15) is 42.6 Å². The number of nitro groups is 1. The number of piperidine rings is 1. The fraction of sp³-hybridized carbons (Fsp3) is 0.615. The van der Waals surface area contributed by atoms with Gasteiger partial charge in [-0.1, -0.05) is 0 Å². The molecule has 1 atom stereocenters. The van der Waals surface area contributed by atoms with Gasteiger partial charge in [-0.05, 0) is 49.6 Å². The average Bonchev–Trinajstić information content (AvgIpc) is 2.87. The molecule has 1 saturated heterocycles. The van der Waals surface area contributed by atoms with Gasteiger partial charge in [-0.2, -0.15) is 0 Å². The lowest BCUT2D eigenvalue weighted by molar-refractivity contribution is -0.389. The third kappa shape index (κ3) is 2.40. The van der Waals surface area contributed by atoms with Crippen LogP contribution < -0.4 is 10.6 Å². The van der Waals surface area contributed by atoms with Crippen molar-refractivity contribution in [1.29, 1.82) is 0 Å². The molecule has 1 aliphatic carbocycles. The molecule has 1 aliphatic heterocycles. The molecular formula is C13H18N4O3. The van der Waals surface area contributed by atoms with Gasteiger partial charge in [0.2, 0.25) is 0 Å². The fourth-order valence-corrected chi connectivity index (χ4v) is 3.15. The number of hydrogen-bond acceptors (Lipinski definition) is 4. The maximum absolute atomic E-state index is 12.1. The number of aromatic nitrogens is 1. The van der Waals surface area contributed by atoms with E-state index in [1.165, 1.54) is 31.4 Å². The second kappa shape index (κ2) is 4.90. The predicted octanol–water partition coefficient (Wildman–Crippen LogP) is 1.33. The number of amides is 1. The summed E-state index contributed by atoms with van der Waals surface area (Å²) in [6.07, 6.45) is 5.44. The van der Waals surface area contributed by atoms with Gasteiger partial charge in [0, 0.05) is 17.6 Å². The maximum Gasteiger partial charge on any atom is 0.321 e. The molecule has 3 N–H and O–H groups in total. The van der Waals surface area contributed by atoms with E-state index in [0.29, 0.717) is 0 Å². The van der Waals surface area contributed by atoms with Crippen LogP contribution in [0, 0.1) is 10.1 Å². The Kier molecular flexibility index (Phi) is 3.21. The minimum Gasteiger partial charge on any atom is -0.358 e. The molecule has 2 aliphatic rings. The largest absolute Gasteiger partial charge is 0.358 e. The lowest BCUT2D eigenvalue weighted by Crippen LogP contribution is -2.59. The number of carbonyl (C=O) groups excluding carboxylic acids is 1. The van der Waals surface area contributed by atoms with Gasteiger partial charge in [-0.3, -0.25) is 4.79 Å². The van der Waals surface area contributed by atoms with E-state index < -0.39 is 4.92 Å². The zero-order chi connectivity index (χ0) is 14.2. The molecule has 108 valence electrons. The SMILES string of the molecule is O=C(NC1CCNC2(CCC2)C1)c1ccc([N+](=O)[O-])[nH]1. The molecule has 2 fully saturated rings. The quantitative estimate of drug-likeness (QED) is 0.573. The summed E-state index contributed by atoms with van der Waals surface area (Å²) in [6, 6.07) is 2.91. The Labute approximate surface area is 116 Å². The van der Waals surface area contributed by atoms with Crippen molar-refractivity contribution in [3.63, 3.8) is 0 Å². The topological polar surface area (TPSA) is 100 Å². The molecule has 1 amide bonds. The summed E-state index contributed by atoms with van der Waals surface area (Å²) in [7, 11) is 0. The fourth-order valence-electron chi connectivity index (χ4n) is 3.15. The molecule has 1 spiro atoms. The Hall–Kier alpha value is -1.89. The Balaban J connectivity index is 1.61. The van der Waals surface area contributed by atoms with E-state index in [1.807, 2.05) is 0 Å². The third-order valence-corrected chi connectivity index (χ3v) is 4.39. The average molecular weight is 278 g/mol. The van der Waals surface area contributed by atoms with Gasteiger partial charge in [-0.25, -0.2) is 4.98 Å². The molecule has 1 unspecified atom stereocenters. The van der Waals surface area contributed by atoms with Crippen LogP contribution in [0.4, 0.5) is 5.82 Å². The Morgan fingerprint density at radius 1 is 1.45 bits per heavy atom. The van der Waals surface area contributed by atoms with Crippen molar-refractivity contribution in [2.45, 2.75) is 43.7 Å². The molecule has 3 rings (SSSR count). The minimum absolute atomic E-state index is 0.145. The number of H-pyrrole nitrogens is 1. The van der Waals surface area contributed by atoms with Crippen molar-refractivity contribution in [2.24, 2.45) is 0 Å². The zero-order valence-corrected chi connectivity index (χ0v) is 11.1. The first-order valence-electron chi connectivity index (χ1n) is 6.97. The summed E-state index contributed by atoms with van der Waals surface area (Å²) >= 11 is 0. The Morgan fingerprint density at radius 3 is 2.85 bits per heavy atom. The molecule has 1 aromatic rings. The van der Waals surface area contributed by atoms with E-state index in [4.69, 9.17) is 0 Å². The first kappa shape index (κ1) is 13.1. The predicted molar refractivity (Wildman–Crippen MR) is 72.5 cm³/mol. The van der Waals surface area contributed by atoms with E-state index in [2.05, 4.69) is 15.6 Å². The van der Waals surface area contributed by atoms with Crippen LogP contribution in [0.25, 0.3) is 0 Å². The molecule has 7 heteroatoms. The van der Waals surface area contributed by atoms with Crippen molar-refractivity contribution in [2.75, 3.05) is 6.54 Å². The number of nitrogens with zero attached hydrogens (tertiary/aromatic N) is 1. The third-order valence-electron chi connectivity index (χ3n) is 4.39. The number of carbonyl (C=O) groups is 1. The minimum atomic E-state index is -0.537. The zero-order valence-electron chi connectivity index (χ0n) is 11.1. The number of aromatic amines is 1. The summed E-state index contributed by atoms with van der Waals surface area (Å²) < 4.78 is 0. The highest BCUT2D eigenvalue weighted by Gasteiger charge is 2.41. The van der Waals surface area contributed by atoms with Gasteiger partial charge in [0.1, 0.15) is 0 Å². The maximum atomic E-state index is 12.1. The first-order valence-corrected chi connectivity index (χ1v) is 6.97. The second-order valence-corrected chi connectivity index (χ2v) is 5.74.